The second-order valence-corrected chi connectivity index (χ2v) is 4.49. The zero-order valence-electron chi connectivity index (χ0n) is 9.11. The first-order valence-corrected chi connectivity index (χ1v) is 5.64. The molecule has 0 aromatic carbocycles. The molecular weight excluding hydrogens is 228 g/mol. The van der Waals surface area contributed by atoms with Crippen molar-refractivity contribution in [3.63, 3.8) is 0 Å². The Morgan fingerprint density at radius 2 is 2.19 bits per heavy atom. The second-order valence-electron chi connectivity index (χ2n) is 3.40. The lowest BCUT2D eigenvalue weighted by Crippen LogP contribution is -2.29. The van der Waals surface area contributed by atoms with Crippen molar-refractivity contribution in [3.8, 4) is 0 Å². The SMILES string of the molecule is CC(=O)Nc1ccc(C(=O)NC[C@H](C)O)s1. The molecule has 0 spiro atoms. The number of thiophene rings is 1. The van der Waals surface area contributed by atoms with Crippen LogP contribution in [-0.4, -0.2) is 29.6 Å². The smallest absolute Gasteiger partial charge is 0.261 e. The van der Waals surface area contributed by atoms with Gasteiger partial charge in [0.15, 0.2) is 0 Å². The molecule has 1 rings (SSSR count). The van der Waals surface area contributed by atoms with Crippen LogP contribution >= 0.6 is 11.3 Å². The van der Waals surface area contributed by atoms with Gasteiger partial charge in [0, 0.05) is 13.5 Å². The summed E-state index contributed by atoms with van der Waals surface area (Å²) in [6.45, 7) is 3.22. The van der Waals surface area contributed by atoms with Gasteiger partial charge in [-0.05, 0) is 19.1 Å². The predicted molar refractivity (Wildman–Crippen MR) is 62.6 cm³/mol. The summed E-state index contributed by atoms with van der Waals surface area (Å²) in [6, 6.07) is 3.30. The first-order valence-electron chi connectivity index (χ1n) is 4.82. The number of anilines is 1. The molecule has 0 aliphatic heterocycles. The summed E-state index contributed by atoms with van der Waals surface area (Å²) in [5.41, 5.74) is 0. The molecule has 5 nitrogen and oxygen atoms in total. The van der Waals surface area contributed by atoms with E-state index in [0.29, 0.717) is 9.88 Å². The molecule has 1 aromatic rings. The lowest BCUT2D eigenvalue weighted by Gasteiger charge is -2.04. The molecule has 0 saturated carbocycles. The summed E-state index contributed by atoms with van der Waals surface area (Å²) in [5.74, 6) is -0.416. The summed E-state index contributed by atoms with van der Waals surface area (Å²) < 4.78 is 0. The van der Waals surface area contributed by atoms with Gasteiger partial charge in [0.1, 0.15) is 0 Å². The highest BCUT2D eigenvalue weighted by atomic mass is 32.1. The van der Waals surface area contributed by atoms with E-state index in [9.17, 15) is 9.59 Å². The third-order valence-corrected chi connectivity index (χ3v) is 2.69. The van der Waals surface area contributed by atoms with Gasteiger partial charge in [-0.1, -0.05) is 0 Å². The van der Waals surface area contributed by atoms with Crippen molar-refractivity contribution in [1.82, 2.24) is 5.32 Å². The average Bonchev–Trinajstić information content (AvgIpc) is 2.61. The van der Waals surface area contributed by atoms with Crippen LogP contribution in [0.15, 0.2) is 12.1 Å². The molecule has 16 heavy (non-hydrogen) atoms. The largest absolute Gasteiger partial charge is 0.392 e. The fraction of sp³-hybridized carbons (Fsp3) is 0.400. The number of carbonyl (C=O) groups is 2. The Bertz CT molecular complexity index is 387. The summed E-state index contributed by atoms with van der Waals surface area (Å²) in [7, 11) is 0. The number of aliphatic hydroxyl groups is 1. The molecule has 88 valence electrons. The molecule has 0 fully saturated rings. The third kappa shape index (κ3) is 4.00. The van der Waals surface area contributed by atoms with Gasteiger partial charge in [0.05, 0.1) is 16.0 Å². The Labute approximate surface area is 97.5 Å². The minimum absolute atomic E-state index is 0.169. The van der Waals surface area contributed by atoms with Gasteiger partial charge in [-0.25, -0.2) is 0 Å². The quantitative estimate of drug-likeness (QED) is 0.731. The molecule has 2 amide bonds. The topological polar surface area (TPSA) is 78.4 Å². The van der Waals surface area contributed by atoms with Gasteiger partial charge in [0.25, 0.3) is 5.91 Å². The molecule has 1 heterocycles. The monoisotopic (exact) mass is 242 g/mol. The van der Waals surface area contributed by atoms with E-state index in [1.165, 1.54) is 18.3 Å². The number of nitrogens with one attached hydrogen (secondary N) is 2. The van der Waals surface area contributed by atoms with Gasteiger partial charge in [-0.2, -0.15) is 0 Å². The van der Waals surface area contributed by atoms with Crippen LogP contribution in [0.5, 0.6) is 0 Å². The van der Waals surface area contributed by atoms with Crippen LogP contribution in [0.25, 0.3) is 0 Å². The number of aliphatic hydroxyl groups excluding tert-OH is 1. The molecule has 0 aliphatic carbocycles. The Morgan fingerprint density at radius 3 is 2.75 bits per heavy atom. The van der Waals surface area contributed by atoms with E-state index in [1.807, 2.05) is 0 Å². The van der Waals surface area contributed by atoms with Gasteiger partial charge < -0.3 is 15.7 Å². The van der Waals surface area contributed by atoms with E-state index in [-0.39, 0.29) is 18.4 Å². The zero-order chi connectivity index (χ0) is 12.1. The van der Waals surface area contributed by atoms with Gasteiger partial charge in [-0.3, -0.25) is 9.59 Å². The van der Waals surface area contributed by atoms with E-state index in [0.717, 1.165) is 0 Å². The molecular formula is C10H14N2O3S. The Hall–Kier alpha value is -1.40. The van der Waals surface area contributed by atoms with Crippen LogP contribution in [0.2, 0.25) is 0 Å². The van der Waals surface area contributed by atoms with E-state index in [4.69, 9.17) is 5.11 Å². The standard InChI is InChI=1S/C10H14N2O3S/c1-6(13)5-11-10(15)8-3-4-9(16-8)12-7(2)14/h3-4,6,13H,5H2,1-2H3,(H,11,15)(H,12,14)/t6-/m0/s1. The van der Waals surface area contributed by atoms with Gasteiger partial charge >= 0.3 is 0 Å². The molecule has 1 aromatic heterocycles. The van der Waals surface area contributed by atoms with Gasteiger partial charge in [-0.15, -0.1) is 11.3 Å². The van der Waals surface area contributed by atoms with Crippen molar-refractivity contribution in [2.24, 2.45) is 0 Å². The predicted octanol–water partition coefficient (Wildman–Crippen LogP) is 0.817. The minimum atomic E-state index is -0.571. The molecule has 3 N–H and O–H groups in total. The van der Waals surface area contributed by atoms with Crippen LogP contribution < -0.4 is 10.6 Å². The summed E-state index contributed by atoms with van der Waals surface area (Å²) in [5, 5.41) is 14.8. The molecule has 6 heteroatoms. The lowest BCUT2D eigenvalue weighted by molar-refractivity contribution is -0.114. The Kier molecular flexibility index (Phi) is 4.45. The first kappa shape index (κ1) is 12.7. The summed E-state index contributed by atoms with van der Waals surface area (Å²) >= 11 is 1.20. The number of rotatable bonds is 4. The summed E-state index contributed by atoms with van der Waals surface area (Å²) in [6.07, 6.45) is -0.571. The fourth-order valence-electron chi connectivity index (χ4n) is 1.03. The maximum Gasteiger partial charge on any atom is 0.261 e. The van der Waals surface area contributed by atoms with Crippen molar-refractivity contribution in [2.75, 3.05) is 11.9 Å². The normalized spacial score (nSPS) is 11.9. The number of carbonyl (C=O) groups excluding carboxylic acids is 2. The average molecular weight is 242 g/mol. The minimum Gasteiger partial charge on any atom is -0.392 e. The fourth-order valence-corrected chi connectivity index (χ4v) is 1.90. The van der Waals surface area contributed by atoms with Crippen molar-refractivity contribution in [1.29, 1.82) is 0 Å². The van der Waals surface area contributed by atoms with Crippen LogP contribution in [0.1, 0.15) is 23.5 Å². The highest BCUT2D eigenvalue weighted by Gasteiger charge is 2.09. The molecule has 0 radical (unpaired) electrons. The molecule has 0 aliphatic rings. The molecule has 0 saturated heterocycles. The highest BCUT2D eigenvalue weighted by molar-refractivity contribution is 7.18. The van der Waals surface area contributed by atoms with Crippen LogP contribution in [0.4, 0.5) is 5.00 Å². The van der Waals surface area contributed by atoms with Crippen LogP contribution in [0, 0.1) is 0 Å². The highest BCUT2D eigenvalue weighted by Crippen LogP contribution is 2.21. The lowest BCUT2D eigenvalue weighted by atomic mass is 10.4. The third-order valence-electron chi connectivity index (χ3n) is 1.69. The van der Waals surface area contributed by atoms with Crippen LogP contribution in [0.3, 0.4) is 0 Å². The number of hydrogen-bond acceptors (Lipinski definition) is 4. The molecule has 0 unspecified atom stereocenters. The van der Waals surface area contributed by atoms with Crippen molar-refractivity contribution in [3.05, 3.63) is 17.0 Å². The number of amides is 2. The van der Waals surface area contributed by atoms with E-state index in [2.05, 4.69) is 10.6 Å². The van der Waals surface area contributed by atoms with Crippen molar-refractivity contribution >= 4 is 28.2 Å². The maximum atomic E-state index is 11.5. The van der Waals surface area contributed by atoms with E-state index >= 15 is 0 Å². The second kappa shape index (κ2) is 5.62. The molecule has 1 atom stereocenters. The first-order chi connectivity index (χ1) is 7.49. The zero-order valence-corrected chi connectivity index (χ0v) is 9.93. The Balaban J connectivity index is 2.56. The Morgan fingerprint density at radius 1 is 1.50 bits per heavy atom. The van der Waals surface area contributed by atoms with E-state index in [1.54, 1.807) is 19.1 Å². The maximum absolute atomic E-state index is 11.5. The van der Waals surface area contributed by atoms with Crippen molar-refractivity contribution < 1.29 is 14.7 Å². The van der Waals surface area contributed by atoms with Crippen molar-refractivity contribution in [2.45, 2.75) is 20.0 Å². The van der Waals surface area contributed by atoms with Crippen LogP contribution in [-0.2, 0) is 4.79 Å². The summed E-state index contributed by atoms with van der Waals surface area (Å²) in [4.78, 5) is 22.8. The van der Waals surface area contributed by atoms with Gasteiger partial charge in [0.2, 0.25) is 5.91 Å². The number of hydrogen-bond donors (Lipinski definition) is 3. The van der Waals surface area contributed by atoms with E-state index < -0.39 is 6.10 Å². The molecule has 0 bridgehead atoms.